The number of carbonyl (C=O) groups is 5. The van der Waals surface area contributed by atoms with Crippen molar-refractivity contribution in [1.82, 2.24) is 21.3 Å². The largest absolute Gasteiger partial charge is 0.467 e. The van der Waals surface area contributed by atoms with E-state index in [1.165, 1.54) is 14.0 Å². The minimum Gasteiger partial charge on any atom is -0.467 e. The third-order valence-corrected chi connectivity index (χ3v) is 6.61. The van der Waals surface area contributed by atoms with Crippen LogP contribution in [-0.4, -0.2) is 61.1 Å². The fraction of sp³-hybridized carbons (Fsp3) is 0.469. The Kier molecular flexibility index (Phi) is 14.2. The first-order chi connectivity index (χ1) is 20.4. The summed E-state index contributed by atoms with van der Waals surface area (Å²) in [6, 6.07) is 14.2. The average Bonchev–Trinajstić information content (AvgIpc) is 2.98. The predicted octanol–water partition coefficient (Wildman–Crippen LogP) is 2.87. The second-order valence-corrected chi connectivity index (χ2v) is 11.1. The molecule has 0 aliphatic carbocycles. The van der Waals surface area contributed by atoms with E-state index < -0.39 is 54.0 Å². The molecule has 0 spiro atoms. The molecule has 0 radical (unpaired) electrons. The Bertz CT molecular complexity index is 1200. The monoisotopic (exact) mass is 596 g/mol. The van der Waals surface area contributed by atoms with Crippen LogP contribution in [0.2, 0.25) is 0 Å². The lowest BCUT2D eigenvalue weighted by atomic mass is 9.99. The molecule has 2 aromatic carbocycles. The zero-order valence-corrected chi connectivity index (χ0v) is 25.7. The molecule has 0 aromatic heterocycles. The molecular weight excluding hydrogens is 552 g/mol. The van der Waals surface area contributed by atoms with Gasteiger partial charge in [0.25, 0.3) is 0 Å². The van der Waals surface area contributed by atoms with Gasteiger partial charge in [-0.3, -0.25) is 14.4 Å². The van der Waals surface area contributed by atoms with Crippen LogP contribution in [-0.2, 0) is 41.7 Å². The van der Waals surface area contributed by atoms with Crippen LogP contribution in [0.4, 0.5) is 4.79 Å². The summed E-state index contributed by atoms with van der Waals surface area (Å²) in [7, 11) is 1.25. The first kappa shape index (κ1) is 34.8. The first-order valence-corrected chi connectivity index (χ1v) is 14.4. The highest BCUT2D eigenvalue weighted by molar-refractivity contribution is 5.95. The minimum atomic E-state index is -1.07. The third kappa shape index (κ3) is 12.2. The van der Waals surface area contributed by atoms with Crippen molar-refractivity contribution in [2.75, 3.05) is 7.11 Å². The van der Waals surface area contributed by atoms with Gasteiger partial charge in [0.1, 0.15) is 30.8 Å². The van der Waals surface area contributed by atoms with Gasteiger partial charge < -0.3 is 30.7 Å². The SMILES string of the molecule is COC(=O)[C@H](CC(C)C)NC(=O)[C@@H](NC(=O)[C@H](Cc1ccccc1)NC(=O)[C@H](C)NC(=O)OCc1ccccc1)C(C)C. The van der Waals surface area contributed by atoms with Crippen molar-refractivity contribution >= 4 is 29.8 Å². The summed E-state index contributed by atoms with van der Waals surface area (Å²) in [4.78, 5) is 64.4. The van der Waals surface area contributed by atoms with Crippen LogP contribution in [0.15, 0.2) is 60.7 Å². The van der Waals surface area contributed by atoms with Crippen LogP contribution < -0.4 is 21.3 Å². The van der Waals surface area contributed by atoms with E-state index in [1.54, 1.807) is 26.0 Å². The number of esters is 1. The van der Waals surface area contributed by atoms with Crippen molar-refractivity contribution in [3.63, 3.8) is 0 Å². The molecule has 0 bridgehead atoms. The van der Waals surface area contributed by atoms with Crippen molar-refractivity contribution < 1.29 is 33.4 Å². The average molecular weight is 597 g/mol. The normalized spacial score (nSPS) is 13.7. The number of alkyl carbamates (subject to hydrolysis) is 1. The highest BCUT2D eigenvalue weighted by atomic mass is 16.5. The number of amides is 4. The van der Waals surface area contributed by atoms with Gasteiger partial charge in [0, 0.05) is 6.42 Å². The minimum absolute atomic E-state index is 0.0344. The maximum atomic E-state index is 13.6. The lowest BCUT2D eigenvalue weighted by molar-refractivity contribution is -0.146. The van der Waals surface area contributed by atoms with Gasteiger partial charge in [0.05, 0.1) is 7.11 Å². The summed E-state index contributed by atoms with van der Waals surface area (Å²) in [5.41, 5.74) is 1.57. The Labute approximate surface area is 253 Å². The lowest BCUT2D eigenvalue weighted by Gasteiger charge is -2.28. The summed E-state index contributed by atoms with van der Waals surface area (Å²) in [5.74, 6) is -2.55. The van der Waals surface area contributed by atoms with Gasteiger partial charge in [-0.1, -0.05) is 88.4 Å². The van der Waals surface area contributed by atoms with Crippen LogP contribution in [0.1, 0.15) is 52.2 Å². The molecule has 2 rings (SSSR count). The van der Waals surface area contributed by atoms with Gasteiger partial charge >= 0.3 is 12.1 Å². The van der Waals surface area contributed by atoms with Crippen molar-refractivity contribution in [3.8, 4) is 0 Å². The quantitative estimate of drug-likeness (QED) is 0.231. The maximum absolute atomic E-state index is 13.6. The molecule has 11 nitrogen and oxygen atoms in total. The summed E-state index contributed by atoms with van der Waals surface area (Å²) in [6.07, 6.45) is -0.287. The van der Waals surface area contributed by atoms with Gasteiger partial charge in [-0.05, 0) is 36.3 Å². The zero-order chi connectivity index (χ0) is 31.9. The highest BCUT2D eigenvalue weighted by Crippen LogP contribution is 2.11. The lowest BCUT2D eigenvalue weighted by Crippen LogP contribution is -2.59. The van der Waals surface area contributed by atoms with Crippen molar-refractivity contribution in [3.05, 3.63) is 71.8 Å². The molecule has 0 unspecified atom stereocenters. The van der Waals surface area contributed by atoms with Crippen LogP contribution in [0.5, 0.6) is 0 Å². The van der Waals surface area contributed by atoms with Gasteiger partial charge in [-0.2, -0.15) is 0 Å². The fourth-order valence-corrected chi connectivity index (χ4v) is 4.24. The first-order valence-electron chi connectivity index (χ1n) is 14.4. The topological polar surface area (TPSA) is 152 Å². The summed E-state index contributed by atoms with van der Waals surface area (Å²) >= 11 is 0. The molecule has 234 valence electrons. The number of nitrogens with one attached hydrogen (secondary N) is 4. The van der Waals surface area contributed by atoms with E-state index in [0.29, 0.717) is 6.42 Å². The van der Waals surface area contributed by atoms with Crippen LogP contribution in [0.3, 0.4) is 0 Å². The second-order valence-electron chi connectivity index (χ2n) is 11.1. The van der Waals surface area contributed by atoms with E-state index in [1.807, 2.05) is 62.4 Å². The smallest absolute Gasteiger partial charge is 0.408 e. The van der Waals surface area contributed by atoms with Crippen LogP contribution >= 0.6 is 0 Å². The standard InChI is InChI=1S/C32H44N4O7/c1-20(2)17-26(31(40)42-6)35-30(39)27(21(3)4)36-29(38)25(18-23-13-9-7-10-14-23)34-28(37)22(5)33-32(41)43-19-24-15-11-8-12-16-24/h7-16,20-22,25-27H,17-19H2,1-6H3,(H,33,41)(H,34,37)(H,35,39)(H,36,38)/t22-,25-,26-,27-/m0/s1. The second kappa shape index (κ2) is 17.5. The van der Waals surface area contributed by atoms with E-state index in [4.69, 9.17) is 9.47 Å². The van der Waals surface area contributed by atoms with Gasteiger partial charge in [0.15, 0.2) is 0 Å². The Morgan fingerprint density at radius 1 is 0.674 bits per heavy atom. The van der Waals surface area contributed by atoms with Crippen molar-refractivity contribution in [2.24, 2.45) is 11.8 Å². The molecule has 11 heteroatoms. The summed E-state index contributed by atoms with van der Waals surface area (Å²) in [5, 5.41) is 10.6. The Hall–Kier alpha value is -4.41. The van der Waals surface area contributed by atoms with Gasteiger partial charge in [-0.25, -0.2) is 9.59 Å². The van der Waals surface area contributed by atoms with E-state index >= 15 is 0 Å². The molecule has 0 fully saturated rings. The van der Waals surface area contributed by atoms with E-state index in [-0.39, 0.29) is 24.9 Å². The Morgan fingerprint density at radius 3 is 1.77 bits per heavy atom. The molecule has 0 aliphatic rings. The highest BCUT2D eigenvalue weighted by Gasteiger charge is 2.32. The van der Waals surface area contributed by atoms with Crippen molar-refractivity contribution in [2.45, 2.75) is 78.2 Å². The van der Waals surface area contributed by atoms with Crippen molar-refractivity contribution in [1.29, 1.82) is 0 Å². The predicted molar refractivity (Wildman–Crippen MR) is 161 cm³/mol. The molecule has 4 atom stereocenters. The molecule has 43 heavy (non-hydrogen) atoms. The number of carbonyl (C=O) groups excluding carboxylic acids is 5. The Morgan fingerprint density at radius 2 is 1.23 bits per heavy atom. The molecule has 0 saturated heterocycles. The van der Waals surface area contributed by atoms with E-state index in [9.17, 15) is 24.0 Å². The number of rotatable bonds is 15. The zero-order valence-electron chi connectivity index (χ0n) is 25.7. The number of ether oxygens (including phenoxy) is 2. The van der Waals surface area contributed by atoms with Gasteiger partial charge in [0.2, 0.25) is 17.7 Å². The molecule has 4 N–H and O–H groups in total. The summed E-state index contributed by atoms with van der Waals surface area (Å²) < 4.78 is 10.0. The molecule has 4 amide bonds. The Balaban J connectivity index is 2.13. The number of hydrogen-bond acceptors (Lipinski definition) is 7. The molecule has 0 heterocycles. The van der Waals surface area contributed by atoms with Crippen LogP contribution in [0, 0.1) is 11.8 Å². The van der Waals surface area contributed by atoms with E-state index in [2.05, 4.69) is 21.3 Å². The molecular formula is C32H44N4O7. The number of methoxy groups -OCH3 is 1. The fourth-order valence-electron chi connectivity index (χ4n) is 4.24. The molecule has 0 saturated carbocycles. The van der Waals surface area contributed by atoms with Crippen LogP contribution in [0.25, 0.3) is 0 Å². The molecule has 0 aliphatic heterocycles. The molecule has 2 aromatic rings. The number of benzene rings is 2. The third-order valence-electron chi connectivity index (χ3n) is 6.61. The number of hydrogen-bond donors (Lipinski definition) is 4. The van der Waals surface area contributed by atoms with Gasteiger partial charge in [-0.15, -0.1) is 0 Å². The van der Waals surface area contributed by atoms with E-state index in [0.717, 1.165) is 11.1 Å². The summed E-state index contributed by atoms with van der Waals surface area (Å²) in [6.45, 7) is 8.87. The maximum Gasteiger partial charge on any atom is 0.408 e.